The van der Waals surface area contributed by atoms with E-state index in [1.807, 2.05) is 37.3 Å². The van der Waals surface area contributed by atoms with Gasteiger partial charge in [-0.3, -0.25) is 14.8 Å². The summed E-state index contributed by atoms with van der Waals surface area (Å²) in [5.74, 6) is 0.0297. The Labute approximate surface area is 194 Å². The predicted octanol–water partition coefficient (Wildman–Crippen LogP) is 0.0468. The van der Waals surface area contributed by atoms with Crippen LogP contribution in [0.5, 0.6) is 0 Å². The van der Waals surface area contributed by atoms with Crippen molar-refractivity contribution in [3.05, 3.63) is 68.6 Å². The molecule has 0 bridgehead atoms. The number of benzene rings is 1. The monoisotopic (exact) mass is 466 g/mol. The van der Waals surface area contributed by atoms with E-state index in [0.29, 0.717) is 24.0 Å². The predicted molar refractivity (Wildman–Crippen MR) is 126 cm³/mol. The Hall–Kier alpha value is -3.67. The molecular weight excluding hydrogens is 440 g/mol. The summed E-state index contributed by atoms with van der Waals surface area (Å²) in [6, 6.07) is 9.39. The molecule has 11 heteroatoms. The first-order valence-electron chi connectivity index (χ1n) is 10.9. The van der Waals surface area contributed by atoms with Crippen LogP contribution in [0.3, 0.4) is 0 Å². The maximum absolute atomic E-state index is 12.4. The van der Waals surface area contributed by atoms with Crippen molar-refractivity contribution in [2.75, 3.05) is 18.5 Å². The van der Waals surface area contributed by atoms with Gasteiger partial charge in [0, 0.05) is 37.0 Å². The number of hydrogen-bond donors (Lipinski definition) is 5. The largest absolute Gasteiger partial charge is 0.394 e. The zero-order valence-corrected chi connectivity index (χ0v) is 18.6. The minimum absolute atomic E-state index is 0.0297. The number of nitrogens with one attached hydrogen (secondary N) is 2. The van der Waals surface area contributed by atoms with E-state index < -0.39 is 30.1 Å². The second-order valence-corrected chi connectivity index (χ2v) is 8.15. The lowest BCUT2D eigenvalue weighted by molar-refractivity contribution is 0.0362. The minimum Gasteiger partial charge on any atom is -0.394 e. The van der Waals surface area contributed by atoms with Crippen molar-refractivity contribution in [3.8, 4) is 11.5 Å². The molecule has 2 aliphatic heterocycles. The Kier molecular flexibility index (Phi) is 6.96. The highest BCUT2D eigenvalue weighted by atomic mass is 16.3. The van der Waals surface area contributed by atoms with Gasteiger partial charge < -0.3 is 25.2 Å². The van der Waals surface area contributed by atoms with Crippen LogP contribution in [-0.2, 0) is 13.0 Å². The van der Waals surface area contributed by atoms with E-state index in [4.69, 9.17) is 5.11 Å². The van der Waals surface area contributed by atoms with E-state index in [1.54, 1.807) is 10.8 Å². The molecule has 2 aliphatic rings. The Morgan fingerprint density at radius 1 is 1.15 bits per heavy atom. The summed E-state index contributed by atoms with van der Waals surface area (Å²) in [5, 5.41) is 32.7. The van der Waals surface area contributed by atoms with Crippen LogP contribution in [0.15, 0.2) is 46.1 Å². The van der Waals surface area contributed by atoms with Crippen LogP contribution in [0, 0.1) is 6.92 Å². The van der Waals surface area contributed by atoms with E-state index in [0.717, 1.165) is 16.9 Å². The summed E-state index contributed by atoms with van der Waals surface area (Å²) in [6.07, 6.45) is 0.187. The van der Waals surface area contributed by atoms with Crippen LogP contribution in [-0.4, -0.2) is 65.2 Å². The van der Waals surface area contributed by atoms with Gasteiger partial charge in [0.15, 0.2) is 11.5 Å². The van der Waals surface area contributed by atoms with Crippen LogP contribution >= 0.6 is 0 Å². The van der Waals surface area contributed by atoms with Crippen molar-refractivity contribution in [2.24, 2.45) is 0 Å². The molecule has 0 saturated heterocycles. The zero-order valence-electron chi connectivity index (χ0n) is 18.6. The molecule has 0 unspecified atom stereocenters. The summed E-state index contributed by atoms with van der Waals surface area (Å²) in [5.41, 5.74) is 2.17. The van der Waals surface area contributed by atoms with Crippen LogP contribution in [0.25, 0.3) is 22.6 Å². The molecule has 0 radical (unpaired) electrons. The second-order valence-electron chi connectivity index (χ2n) is 8.15. The smallest absolute Gasteiger partial charge is 0.349 e. The molecule has 5 N–H and O–H groups in total. The lowest BCUT2D eigenvalue weighted by Gasteiger charge is -2.22. The van der Waals surface area contributed by atoms with E-state index >= 15 is 0 Å². The Morgan fingerprint density at radius 3 is 2.71 bits per heavy atom. The first-order chi connectivity index (χ1) is 16.4. The normalized spacial score (nSPS) is 13.3. The van der Waals surface area contributed by atoms with Gasteiger partial charge in [-0.2, -0.15) is 4.98 Å². The van der Waals surface area contributed by atoms with Gasteiger partial charge in [0.2, 0.25) is 0 Å². The maximum Gasteiger partial charge on any atom is 0.349 e. The first-order valence-corrected chi connectivity index (χ1v) is 10.9. The van der Waals surface area contributed by atoms with Crippen LogP contribution < -0.4 is 16.6 Å². The van der Waals surface area contributed by atoms with Gasteiger partial charge >= 0.3 is 5.69 Å². The molecule has 11 nitrogen and oxygen atoms in total. The molecule has 34 heavy (non-hydrogen) atoms. The standard InChI is InChI=1S/C23H26N6O5/c1-13-8-18-19(10-17(13)25-7-5-14-4-2-3-6-24-14)29(11-15(31)9-16(32)12-30)21-20(26-18)22(33)28-23(34)27-21/h2-4,6,8,10,15-16,25,30-32H,5,7,9,11-12H2,1H3,(H,28,33,34)/t15-,16+/m1/s1. The maximum atomic E-state index is 12.4. The van der Waals surface area contributed by atoms with Crippen molar-refractivity contribution in [1.29, 1.82) is 0 Å². The van der Waals surface area contributed by atoms with Gasteiger partial charge in [0.05, 0.1) is 36.4 Å². The summed E-state index contributed by atoms with van der Waals surface area (Å²) < 4.78 is 1.55. The number of H-pyrrole nitrogens is 1. The summed E-state index contributed by atoms with van der Waals surface area (Å²) >= 11 is 0. The molecule has 0 amide bonds. The van der Waals surface area contributed by atoms with Crippen molar-refractivity contribution < 1.29 is 15.3 Å². The van der Waals surface area contributed by atoms with E-state index in [9.17, 15) is 19.8 Å². The number of aliphatic hydroxyl groups excluding tert-OH is 3. The van der Waals surface area contributed by atoms with E-state index in [2.05, 4.69) is 25.3 Å². The van der Waals surface area contributed by atoms with Crippen LogP contribution in [0.1, 0.15) is 17.7 Å². The minimum atomic E-state index is -1.10. The number of rotatable bonds is 9. The number of aromatic amines is 1. The number of anilines is 1. The van der Waals surface area contributed by atoms with Gasteiger partial charge in [-0.05, 0) is 36.8 Å². The van der Waals surface area contributed by atoms with Crippen molar-refractivity contribution in [3.63, 3.8) is 0 Å². The van der Waals surface area contributed by atoms with Crippen LogP contribution in [0.4, 0.5) is 5.69 Å². The fourth-order valence-electron chi connectivity index (χ4n) is 3.87. The third-order valence-electron chi connectivity index (χ3n) is 5.53. The molecule has 1 aromatic heterocycles. The van der Waals surface area contributed by atoms with Gasteiger partial charge in [0.1, 0.15) is 0 Å². The fraction of sp³-hybridized carbons (Fsp3) is 0.348. The number of hydrogen-bond acceptors (Lipinski definition) is 9. The summed E-state index contributed by atoms with van der Waals surface area (Å²) in [7, 11) is 0. The summed E-state index contributed by atoms with van der Waals surface area (Å²) in [4.78, 5) is 39.1. The highest BCUT2D eigenvalue weighted by Crippen LogP contribution is 2.27. The topological polar surface area (TPSA) is 166 Å². The lowest BCUT2D eigenvalue weighted by Crippen LogP contribution is -2.31. The molecule has 2 atom stereocenters. The van der Waals surface area contributed by atoms with Crippen LogP contribution in [0.2, 0.25) is 0 Å². The number of aliphatic hydroxyl groups is 3. The SMILES string of the molecule is Cc1cc2nc3c(=O)[nH]c(=O)nc-3n(C[C@H](O)C[C@H](O)CO)c2cc1NCCc1ccccn1. The molecule has 178 valence electrons. The highest BCUT2D eigenvalue weighted by Gasteiger charge is 2.22. The average molecular weight is 466 g/mol. The zero-order chi connectivity index (χ0) is 24.2. The van der Waals surface area contributed by atoms with E-state index in [1.165, 1.54) is 0 Å². The van der Waals surface area contributed by atoms with Crippen molar-refractivity contribution in [1.82, 2.24) is 24.5 Å². The molecule has 2 aromatic rings. The lowest BCUT2D eigenvalue weighted by atomic mass is 10.1. The molecule has 4 rings (SSSR count). The molecule has 3 heterocycles. The third-order valence-corrected chi connectivity index (χ3v) is 5.53. The molecule has 0 saturated carbocycles. The molecule has 0 aliphatic carbocycles. The Morgan fingerprint density at radius 2 is 1.97 bits per heavy atom. The van der Waals surface area contributed by atoms with Gasteiger partial charge in [-0.15, -0.1) is 0 Å². The molecule has 0 spiro atoms. The number of fused-ring (bicyclic) bond motifs is 2. The number of aryl methyl sites for hydroxylation is 1. The number of nitrogens with zero attached hydrogens (tertiary/aromatic N) is 4. The number of pyridine rings is 1. The van der Waals surface area contributed by atoms with Gasteiger partial charge in [0.25, 0.3) is 5.56 Å². The van der Waals surface area contributed by atoms with Gasteiger partial charge in [-0.25, -0.2) is 9.78 Å². The fourth-order valence-corrected chi connectivity index (χ4v) is 3.87. The van der Waals surface area contributed by atoms with Crippen molar-refractivity contribution >= 4 is 16.7 Å². The first kappa shape index (κ1) is 23.5. The quantitative estimate of drug-likeness (QED) is 0.214. The van der Waals surface area contributed by atoms with Gasteiger partial charge in [-0.1, -0.05) is 6.07 Å². The Balaban J connectivity index is 1.76. The average Bonchev–Trinajstić information content (AvgIpc) is 2.80. The van der Waals surface area contributed by atoms with Crippen molar-refractivity contribution in [2.45, 2.75) is 38.5 Å². The third kappa shape index (κ3) is 5.11. The summed E-state index contributed by atoms with van der Waals surface area (Å²) in [6.45, 7) is 1.97. The second kappa shape index (κ2) is 10.1. The number of aromatic nitrogens is 5. The molecule has 1 aromatic carbocycles. The molecule has 0 fully saturated rings. The Bertz CT molecular complexity index is 1370. The highest BCUT2D eigenvalue weighted by molar-refractivity contribution is 5.84. The van der Waals surface area contributed by atoms with E-state index in [-0.39, 0.29) is 24.5 Å². The molecular formula is C23H26N6O5.